The van der Waals surface area contributed by atoms with Crippen LogP contribution in [0.1, 0.15) is 28.0 Å². The van der Waals surface area contributed by atoms with Gasteiger partial charge in [-0.3, -0.25) is 9.79 Å². The highest BCUT2D eigenvalue weighted by Gasteiger charge is 2.07. The summed E-state index contributed by atoms with van der Waals surface area (Å²) >= 11 is 13.4. The molecule has 1 aromatic carbocycles. The summed E-state index contributed by atoms with van der Waals surface area (Å²) in [6.45, 7) is 6.41. The predicted molar refractivity (Wildman–Crippen MR) is 129 cm³/mol. The molecular weight excluding hydrogens is 532 g/mol. The van der Waals surface area contributed by atoms with Crippen molar-refractivity contribution in [3.8, 4) is 0 Å². The quantitative estimate of drug-likeness (QED) is 0.200. The Hall–Kier alpha value is -1.10. The van der Waals surface area contributed by atoms with Crippen LogP contribution in [0.4, 0.5) is 0 Å². The molecule has 3 N–H and O–H groups in total. The highest BCUT2D eigenvalue weighted by Crippen LogP contribution is 2.22. The number of thiazole rings is 1. The Morgan fingerprint density at radius 2 is 1.93 bits per heavy atom. The van der Waals surface area contributed by atoms with Gasteiger partial charge < -0.3 is 16.0 Å². The molecule has 0 aliphatic heterocycles. The van der Waals surface area contributed by atoms with Crippen molar-refractivity contribution in [2.24, 2.45) is 4.99 Å². The van der Waals surface area contributed by atoms with Crippen LogP contribution in [0.2, 0.25) is 10.0 Å². The lowest BCUT2D eigenvalue weighted by Gasteiger charge is -2.12. The first kappa shape index (κ1) is 24.9. The fraction of sp³-hybridized carbons (Fsp3) is 0.389. The number of aromatic nitrogens is 1. The molecule has 0 radical (unpaired) electrons. The van der Waals surface area contributed by atoms with Gasteiger partial charge in [-0.1, -0.05) is 23.2 Å². The number of hydrogen-bond donors (Lipinski definition) is 3. The van der Waals surface area contributed by atoms with E-state index in [0.717, 1.165) is 23.7 Å². The Kier molecular flexibility index (Phi) is 11.7. The smallest absolute Gasteiger partial charge is 0.251 e. The lowest BCUT2D eigenvalue weighted by molar-refractivity contribution is 0.0954. The van der Waals surface area contributed by atoms with Crippen LogP contribution in [0.5, 0.6) is 0 Å². The molecule has 1 heterocycles. The Morgan fingerprint density at radius 1 is 1.18 bits per heavy atom. The molecule has 0 saturated carbocycles. The minimum Gasteiger partial charge on any atom is -0.357 e. The molecule has 154 valence electrons. The third kappa shape index (κ3) is 8.50. The first-order valence-electron chi connectivity index (χ1n) is 8.66. The second-order valence-corrected chi connectivity index (χ2v) is 7.56. The van der Waals surface area contributed by atoms with Crippen LogP contribution in [0, 0.1) is 6.92 Å². The van der Waals surface area contributed by atoms with Crippen molar-refractivity contribution in [3.63, 3.8) is 0 Å². The van der Waals surface area contributed by atoms with E-state index in [4.69, 9.17) is 23.2 Å². The number of aryl methyl sites for hydroxylation is 1. The molecule has 0 unspecified atom stereocenters. The average Bonchev–Trinajstić information content (AvgIpc) is 3.06. The maximum absolute atomic E-state index is 12.1. The van der Waals surface area contributed by atoms with Crippen molar-refractivity contribution in [2.45, 2.75) is 20.3 Å². The van der Waals surface area contributed by atoms with Gasteiger partial charge in [0.2, 0.25) is 0 Å². The van der Waals surface area contributed by atoms with Crippen molar-refractivity contribution in [1.82, 2.24) is 20.9 Å². The van der Waals surface area contributed by atoms with Gasteiger partial charge in [0.1, 0.15) is 0 Å². The topological polar surface area (TPSA) is 78.4 Å². The zero-order chi connectivity index (χ0) is 19.6. The second-order valence-electron chi connectivity index (χ2n) is 5.68. The van der Waals surface area contributed by atoms with Crippen LogP contribution in [-0.2, 0) is 6.42 Å². The van der Waals surface area contributed by atoms with Crippen molar-refractivity contribution >= 4 is 70.4 Å². The van der Waals surface area contributed by atoms with E-state index in [1.165, 1.54) is 0 Å². The van der Waals surface area contributed by atoms with Gasteiger partial charge in [0.15, 0.2) is 5.96 Å². The molecule has 0 spiro atoms. The van der Waals surface area contributed by atoms with Gasteiger partial charge in [0, 0.05) is 43.5 Å². The van der Waals surface area contributed by atoms with Gasteiger partial charge >= 0.3 is 0 Å². The van der Waals surface area contributed by atoms with E-state index >= 15 is 0 Å². The van der Waals surface area contributed by atoms with E-state index < -0.39 is 0 Å². The zero-order valence-corrected chi connectivity index (χ0v) is 20.4. The zero-order valence-electron chi connectivity index (χ0n) is 15.7. The van der Waals surface area contributed by atoms with Crippen molar-refractivity contribution in [3.05, 3.63) is 49.9 Å². The molecule has 0 bridgehead atoms. The van der Waals surface area contributed by atoms with Crippen molar-refractivity contribution in [1.29, 1.82) is 0 Å². The Bertz CT molecular complexity index is 800. The normalized spacial score (nSPS) is 10.9. The van der Waals surface area contributed by atoms with Crippen LogP contribution in [-0.4, -0.2) is 43.0 Å². The van der Waals surface area contributed by atoms with E-state index in [-0.39, 0.29) is 29.9 Å². The number of rotatable bonds is 8. The maximum Gasteiger partial charge on any atom is 0.251 e. The van der Waals surface area contributed by atoms with Crippen LogP contribution in [0.25, 0.3) is 0 Å². The third-order valence-corrected chi connectivity index (χ3v) is 5.09. The minimum atomic E-state index is -0.198. The third-order valence-electron chi connectivity index (χ3n) is 3.53. The highest BCUT2D eigenvalue weighted by atomic mass is 127. The van der Waals surface area contributed by atoms with E-state index in [2.05, 4.69) is 31.3 Å². The Morgan fingerprint density at radius 3 is 2.57 bits per heavy atom. The molecule has 0 aliphatic carbocycles. The number of nitrogens with one attached hydrogen (secondary N) is 3. The summed E-state index contributed by atoms with van der Waals surface area (Å²) in [6, 6.07) is 4.80. The molecule has 28 heavy (non-hydrogen) atoms. The molecule has 10 heteroatoms. The van der Waals surface area contributed by atoms with E-state index in [0.29, 0.717) is 41.2 Å². The number of halogens is 3. The van der Waals surface area contributed by atoms with Gasteiger partial charge in [-0.2, -0.15) is 0 Å². The Labute approximate surface area is 196 Å². The fourth-order valence-corrected chi connectivity index (χ4v) is 3.19. The molecule has 0 saturated heterocycles. The molecule has 2 aromatic rings. The molecule has 0 fully saturated rings. The monoisotopic (exact) mass is 555 g/mol. The molecule has 2 rings (SSSR count). The molecule has 0 aliphatic rings. The average molecular weight is 556 g/mol. The number of carbonyl (C=O) groups excluding carboxylic acids is 1. The van der Waals surface area contributed by atoms with Gasteiger partial charge in [-0.05, 0) is 32.0 Å². The minimum absolute atomic E-state index is 0. The first-order chi connectivity index (χ1) is 13.0. The standard InChI is InChI=1S/C18H23Cl2N5OS.HI/c1-3-21-18(23-7-6-14-11-27-12(2)25-14)24-9-8-22-17(26)13-4-5-15(19)16(20)10-13;/h4-5,10-11H,3,6-9H2,1-2H3,(H,22,26)(H2,21,23,24);1H. The largest absolute Gasteiger partial charge is 0.357 e. The fourth-order valence-electron chi connectivity index (χ4n) is 2.24. The summed E-state index contributed by atoms with van der Waals surface area (Å²) in [6.07, 6.45) is 0.801. The Balaban J connectivity index is 0.00000392. The summed E-state index contributed by atoms with van der Waals surface area (Å²) in [5, 5.41) is 13.1. The summed E-state index contributed by atoms with van der Waals surface area (Å²) in [7, 11) is 0. The SMILES string of the molecule is CCNC(=NCCc1csc(C)n1)NCCNC(=O)c1ccc(Cl)c(Cl)c1.I. The van der Waals surface area contributed by atoms with Gasteiger partial charge in [0.05, 0.1) is 20.7 Å². The summed E-state index contributed by atoms with van der Waals surface area (Å²) in [4.78, 5) is 21.1. The number of carbonyl (C=O) groups is 1. The van der Waals surface area contributed by atoms with Crippen LogP contribution < -0.4 is 16.0 Å². The number of hydrogen-bond acceptors (Lipinski definition) is 4. The van der Waals surface area contributed by atoms with Crippen molar-refractivity contribution in [2.75, 3.05) is 26.2 Å². The van der Waals surface area contributed by atoms with Gasteiger partial charge in [-0.15, -0.1) is 35.3 Å². The predicted octanol–water partition coefficient (Wildman–Crippen LogP) is 3.90. The molecule has 0 atom stereocenters. The van der Waals surface area contributed by atoms with Gasteiger partial charge in [0.25, 0.3) is 5.91 Å². The van der Waals surface area contributed by atoms with Gasteiger partial charge in [-0.25, -0.2) is 4.98 Å². The second kappa shape index (κ2) is 13.2. The number of amides is 1. The summed E-state index contributed by atoms with van der Waals surface area (Å²) in [5.74, 6) is 0.518. The number of benzene rings is 1. The number of aliphatic imine (C=N–C) groups is 1. The highest BCUT2D eigenvalue weighted by molar-refractivity contribution is 14.0. The number of nitrogens with zero attached hydrogens (tertiary/aromatic N) is 2. The van der Waals surface area contributed by atoms with Crippen molar-refractivity contribution < 1.29 is 4.79 Å². The lowest BCUT2D eigenvalue weighted by atomic mass is 10.2. The lowest BCUT2D eigenvalue weighted by Crippen LogP contribution is -2.41. The molecule has 1 aromatic heterocycles. The summed E-state index contributed by atoms with van der Waals surface area (Å²) in [5.41, 5.74) is 1.54. The first-order valence-corrected chi connectivity index (χ1v) is 10.3. The van der Waals surface area contributed by atoms with E-state index in [1.54, 1.807) is 29.5 Å². The van der Waals surface area contributed by atoms with Crippen LogP contribution in [0.15, 0.2) is 28.6 Å². The molecule has 1 amide bonds. The molecular formula is C18H24Cl2IN5OS. The van der Waals surface area contributed by atoms with Crippen LogP contribution in [0.3, 0.4) is 0 Å². The molecule has 6 nitrogen and oxygen atoms in total. The maximum atomic E-state index is 12.1. The van der Waals surface area contributed by atoms with Crippen LogP contribution >= 0.6 is 58.5 Å². The van der Waals surface area contributed by atoms with E-state index in [1.807, 2.05) is 13.8 Å². The summed E-state index contributed by atoms with van der Waals surface area (Å²) < 4.78 is 0. The van der Waals surface area contributed by atoms with E-state index in [9.17, 15) is 4.79 Å². The number of guanidine groups is 1.